The highest BCUT2D eigenvalue weighted by Crippen LogP contribution is 2.26. The lowest BCUT2D eigenvalue weighted by atomic mass is 10.1. The minimum absolute atomic E-state index is 0.00722. The Morgan fingerprint density at radius 3 is 2.28 bits per heavy atom. The lowest BCUT2D eigenvalue weighted by Gasteiger charge is -2.16. The Bertz CT molecular complexity index is 939. The van der Waals surface area contributed by atoms with Crippen molar-refractivity contribution in [2.45, 2.75) is 6.42 Å². The number of hydrogen-bond acceptors (Lipinski definition) is 6. The Kier molecular flexibility index (Phi) is 6.29. The number of ether oxygens (including phenoxy) is 2. The molecule has 8 heteroatoms. The number of benzene rings is 2. The molecule has 1 aliphatic heterocycles. The first kappa shape index (κ1) is 20.5. The zero-order valence-corrected chi connectivity index (χ0v) is 16.3. The number of amides is 1. The van der Waals surface area contributed by atoms with Crippen LogP contribution >= 0.6 is 11.6 Å². The number of methoxy groups -OCH3 is 1. The molecule has 0 radical (unpaired) electrons. The van der Waals surface area contributed by atoms with E-state index in [4.69, 9.17) is 16.3 Å². The predicted molar refractivity (Wildman–Crippen MR) is 105 cm³/mol. The Morgan fingerprint density at radius 1 is 1.03 bits per heavy atom. The van der Waals surface area contributed by atoms with Crippen molar-refractivity contribution in [2.24, 2.45) is 5.92 Å². The van der Waals surface area contributed by atoms with Gasteiger partial charge < -0.3 is 14.4 Å². The standard InChI is InChI=1S/C21H18ClNO6/c1-28-20(26)14-4-8-17(9-5-14)23-11-15(10-19(23)25)21(27)29-12-18(24)13-2-6-16(22)7-3-13/h2-9,15H,10-12H2,1H3. The Morgan fingerprint density at radius 2 is 1.66 bits per heavy atom. The molecular weight excluding hydrogens is 398 g/mol. The van der Waals surface area contributed by atoms with Gasteiger partial charge in [0.25, 0.3) is 0 Å². The van der Waals surface area contributed by atoms with Crippen LogP contribution in [0.2, 0.25) is 5.02 Å². The zero-order valence-electron chi connectivity index (χ0n) is 15.6. The normalized spacial score (nSPS) is 15.9. The summed E-state index contributed by atoms with van der Waals surface area (Å²) in [5.41, 5.74) is 1.31. The summed E-state index contributed by atoms with van der Waals surface area (Å²) < 4.78 is 9.75. The van der Waals surface area contributed by atoms with Gasteiger partial charge in [0.1, 0.15) is 0 Å². The van der Waals surface area contributed by atoms with Crippen molar-refractivity contribution < 1.29 is 28.7 Å². The summed E-state index contributed by atoms with van der Waals surface area (Å²) in [5, 5.41) is 0.503. The van der Waals surface area contributed by atoms with Crippen molar-refractivity contribution in [2.75, 3.05) is 25.2 Å². The minimum Gasteiger partial charge on any atom is -0.465 e. The summed E-state index contributed by atoms with van der Waals surface area (Å²) in [6.45, 7) is -0.261. The summed E-state index contributed by atoms with van der Waals surface area (Å²) in [5.74, 6) is -2.33. The van der Waals surface area contributed by atoms with Crippen molar-refractivity contribution in [1.82, 2.24) is 0 Å². The number of nitrogens with zero attached hydrogens (tertiary/aromatic N) is 1. The third-order valence-electron chi connectivity index (χ3n) is 4.57. The van der Waals surface area contributed by atoms with E-state index in [0.717, 1.165) is 0 Å². The fraction of sp³-hybridized carbons (Fsp3) is 0.238. The highest BCUT2D eigenvalue weighted by molar-refractivity contribution is 6.30. The largest absolute Gasteiger partial charge is 0.465 e. The molecule has 1 heterocycles. The first-order valence-electron chi connectivity index (χ1n) is 8.83. The molecule has 0 N–H and O–H groups in total. The van der Waals surface area contributed by atoms with Crippen LogP contribution in [0.25, 0.3) is 0 Å². The minimum atomic E-state index is -0.666. The van der Waals surface area contributed by atoms with Gasteiger partial charge in [0, 0.05) is 29.2 Å². The molecule has 2 aromatic rings. The van der Waals surface area contributed by atoms with Crippen molar-refractivity contribution >= 4 is 40.9 Å². The molecule has 1 amide bonds. The van der Waals surface area contributed by atoms with Gasteiger partial charge in [-0.1, -0.05) is 11.6 Å². The SMILES string of the molecule is COC(=O)c1ccc(N2CC(C(=O)OCC(=O)c3ccc(Cl)cc3)CC2=O)cc1. The lowest BCUT2D eigenvalue weighted by Crippen LogP contribution is -2.27. The van der Waals surface area contributed by atoms with Gasteiger partial charge in [-0.05, 0) is 48.5 Å². The number of carbonyl (C=O) groups excluding carboxylic acids is 4. The summed E-state index contributed by atoms with van der Waals surface area (Å²) in [7, 11) is 1.29. The molecule has 3 rings (SSSR count). The molecule has 1 atom stereocenters. The van der Waals surface area contributed by atoms with Gasteiger partial charge in [0.15, 0.2) is 12.4 Å². The molecule has 0 bridgehead atoms. The molecule has 7 nitrogen and oxygen atoms in total. The van der Waals surface area contributed by atoms with Crippen LogP contribution in [0.1, 0.15) is 27.1 Å². The number of rotatable bonds is 6. The molecule has 0 aliphatic carbocycles. The first-order valence-corrected chi connectivity index (χ1v) is 9.21. The third kappa shape index (κ3) is 4.81. The average Bonchev–Trinajstić information content (AvgIpc) is 3.13. The number of Topliss-reactive ketones (excluding diaryl/α,β-unsaturated/α-hetero) is 1. The maximum atomic E-state index is 12.3. The molecule has 0 aromatic heterocycles. The molecule has 1 aliphatic rings. The third-order valence-corrected chi connectivity index (χ3v) is 4.82. The zero-order chi connectivity index (χ0) is 21.0. The number of anilines is 1. The van der Waals surface area contributed by atoms with Crippen LogP contribution in [0.15, 0.2) is 48.5 Å². The van der Waals surface area contributed by atoms with E-state index in [9.17, 15) is 19.2 Å². The number of carbonyl (C=O) groups is 4. The summed E-state index contributed by atoms with van der Waals surface area (Å²) in [6.07, 6.45) is -0.00722. The topological polar surface area (TPSA) is 90.0 Å². The molecular formula is C21H18ClNO6. The highest BCUT2D eigenvalue weighted by atomic mass is 35.5. The molecule has 1 unspecified atom stereocenters. The van der Waals surface area contributed by atoms with E-state index in [-0.39, 0.29) is 24.7 Å². The smallest absolute Gasteiger partial charge is 0.337 e. The number of halogens is 1. The van der Waals surface area contributed by atoms with Crippen molar-refractivity contribution in [3.8, 4) is 0 Å². The summed E-state index contributed by atoms with van der Waals surface area (Å²) >= 11 is 5.78. The van der Waals surface area contributed by atoms with Gasteiger partial charge in [0.2, 0.25) is 5.91 Å². The van der Waals surface area contributed by atoms with Crippen molar-refractivity contribution in [3.05, 3.63) is 64.7 Å². The van der Waals surface area contributed by atoms with E-state index < -0.39 is 24.5 Å². The van der Waals surface area contributed by atoms with E-state index in [0.29, 0.717) is 21.8 Å². The molecule has 150 valence electrons. The van der Waals surface area contributed by atoms with Gasteiger partial charge in [0.05, 0.1) is 18.6 Å². The van der Waals surface area contributed by atoms with E-state index in [1.807, 2.05) is 0 Å². The molecule has 1 saturated heterocycles. The fourth-order valence-electron chi connectivity index (χ4n) is 2.98. The van der Waals surface area contributed by atoms with Crippen molar-refractivity contribution in [3.63, 3.8) is 0 Å². The second kappa shape index (κ2) is 8.87. The van der Waals surface area contributed by atoms with Gasteiger partial charge in [-0.25, -0.2) is 4.79 Å². The number of ketones is 1. The Labute approximate surface area is 172 Å². The van der Waals surface area contributed by atoms with E-state index in [1.165, 1.54) is 12.0 Å². The average molecular weight is 416 g/mol. The van der Waals surface area contributed by atoms with Crippen molar-refractivity contribution in [1.29, 1.82) is 0 Å². The van der Waals surface area contributed by atoms with Crippen LogP contribution in [0.5, 0.6) is 0 Å². The lowest BCUT2D eigenvalue weighted by molar-refractivity contribution is -0.147. The quantitative estimate of drug-likeness (QED) is 0.532. The molecule has 0 saturated carbocycles. The molecule has 1 fully saturated rings. The summed E-state index contributed by atoms with van der Waals surface area (Å²) in [4.78, 5) is 49.7. The van der Waals surface area contributed by atoms with Crippen LogP contribution < -0.4 is 4.90 Å². The first-order chi connectivity index (χ1) is 13.9. The fourth-order valence-corrected chi connectivity index (χ4v) is 3.11. The molecule has 0 spiro atoms. The van der Waals surface area contributed by atoms with Crippen LogP contribution in [0.3, 0.4) is 0 Å². The van der Waals surface area contributed by atoms with Crippen LogP contribution in [-0.2, 0) is 19.1 Å². The monoisotopic (exact) mass is 415 g/mol. The molecule has 2 aromatic carbocycles. The molecule has 29 heavy (non-hydrogen) atoms. The van der Waals surface area contributed by atoms with Crippen LogP contribution in [-0.4, -0.2) is 43.9 Å². The van der Waals surface area contributed by atoms with Gasteiger partial charge in [-0.2, -0.15) is 0 Å². The maximum absolute atomic E-state index is 12.3. The number of esters is 2. The van der Waals surface area contributed by atoms with E-state index >= 15 is 0 Å². The second-order valence-corrected chi connectivity index (χ2v) is 6.92. The second-order valence-electron chi connectivity index (χ2n) is 6.48. The summed E-state index contributed by atoms with van der Waals surface area (Å²) in [6, 6.07) is 12.6. The van der Waals surface area contributed by atoms with E-state index in [2.05, 4.69) is 4.74 Å². The van der Waals surface area contributed by atoms with Crippen LogP contribution in [0.4, 0.5) is 5.69 Å². The Hall–Kier alpha value is -3.19. The predicted octanol–water partition coefficient (Wildman–Crippen LogP) is 2.91. The maximum Gasteiger partial charge on any atom is 0.337 e. The Balaban J connectivity index is 1.57. The van der Waals surface area contributed by atoms with Gasteiger partial charge in [-0.3, -0.25) is 14.4 Å². The van der Waals surface area contributed by atoms with Gasteiger partial charge >= 0.3 is 11.9 Å². The highest BCUT2D eigenvalue weighted by Gasteiger charge is 2.36. The number of hydrogen-bond donors (Lipinski definition) is 0. The van der Waals surface area contributed by atoms with E-state index in [1.54, 1.807) is 48.5 Å². The van der Waals surface area contributed by atoms with Crippen LogP contribution in [0, 0.1) is 5.92 Å². The van der Waals surface area contributed by atoms with Gasteiger partial charge in [-0.15, -0.1) is 0 Å².